The van der Waals surface area contributed by atoms with Crippen LogP contribution in [0.25, 0.3) is 0 Å². The summed E-state index contributed by atoms with van der Waals surface area (Å²) in [6.45, 7) is -0.455. The summed E-state index contributed by atoms with van der Waals surface area (Å²) < 4.78 is 6.28. The molecule has 1 aromatic carbocycles. The molecule has 0 atom stereocenters. The van der Waals surface area contributed by atoms with Crippen molar-refractivity contribution in [1.82, 2.24) is 19.9 Å². The van der Waals surface area contributed by atoms with Crippen LogP contribution in [0.15, 0.2) is 30.5 Å². The number of aromatic nitrogens is 3. The van der Waals surface area contributed by atoms with Gasteiger partial charge in [0.15, 0.2) is 12.3 Å². The van der Waals surface area contributed by atoms with E-state index in [0.717, 1.165) is 0 Å². The molecule has 2 N–H and O–H groups in total. The third-order valence-electron chi connectivity index (χ3n) is 3.04. The van der Waals surface area contributed by atoms with Gasteiger partial charge < -0.3 is 20.1 Å². The molecule has 2 rings (SSSR count). The number of benzene rings is 1. The largest absolute Gasteiger partial charge is 0.482 e. The fourth-order valence-corrected chi connectivity index (χ4v) is 1.73. The second kappa shape index (κ2) is 7.90. The number of nitrogens with zero attached hydrogens (tertiary/aromatic N) is 4. The van der Waals surface area contributed by atoms with Gasteiger partial charge >= 0.3 is 5.97 Å². The van der Waals surface area contributed by atoms with Crippen LogP contribution in [0, 0.1) is 0 Å². The van der Waals surface area contributed by atoms with Gasteiger partial charge in [-0.1, -0.05) is 5.21 Å². The van der Waals surface area contributed by atoms with E-state index in [1.807, 2.05) is 0 Å². The highest BCUT2D eigenvalue weighted by atomic mass is 16.5. The molecule has 0 unspecified atom stereocenters. The van der Waals surface area contributed by atoms with E-state index in [-0.39, 0.29) is 18.1 Å². The van der Waals surface area contributed by atoms with Gasteiger partial charge in [-0.3, -0.25) is 9.59 Å². The Labute approximate surface area is 143 Å². The molecule has 0 saturated heterocycles. The number of carboxylic acid groups (broad SMARTS) is 1. The number of ether oxygens (including phenoxy) is 1. The normalized spacial score (nSPS) is 10.2. The van der Waals surface area contributed by atoms with Crippen LogP contribution in [-0.2, 0) is 16.1 Å². The van der Waals surface area contributed by atoms with E-state index in [0.29, 0.717) is 11.4 Å². The number of carboxylic acids is 1. The van der Waals surface area contributed by atoms with Gasteiger partial charge in [0.05, 0.1) is 6.20 Å². The molecule has 25 heavy (non-hydrogen) atoms. The average Bonchev–Trinajstić information content (AvgIpc) is 3.02. The van der Waals surface area contributed by atoms with E-state index >= 15 is 0 Å². The lowest BCUT2D eigenvalue weighted by Crippen LogP contribution is -2.26. The minimum atomic E-state index is -1.08. The predicted molar refractivity (Wildman–Crippen MR) is 86.2 cm³/mol. The van der Waals surface area contributed by atoms with Crippen molar-refractivity contribution in [3.63, 3.8) is 0 Å². The fourth-order valence-electron chi connectivity index (χ4n) is 1.73. The van der Waals surface area contributed by atoms with Crippen LogP contribution in [0.3, 0.4) is 0 Å². The second-order valence-corrected chi connectivity index (χ2v) is 5.25. The third-order valence-corrected chi connectivity index (χ3v) is 3.04. The van der Waals surface area contributed by atoms with Crippen molar-refractivity contribution in [2.45, 2.75) is 6.54 Å². The monoisotopic (exact) mass is 347 g/mol. The SMILES string of the molecule is CN(C)C(=O)Cn1cc(C(=O)Nc2ccc(OCC(=O)O)cc2)nn1. The third kappa shape index (κ3) is 5.30. The summed E-state index contributed by atoms with van der Waals surface area (Å²) in [7, 11) is 3.24. The van der Waals surface area contributed by atoms with E-state index in [1.165, 1.54) is 27.9 Å². The Morgan fingerprint density at radius 3 is 2.52 bits per heavy atom. The summed E-state index contributed by atoms with van der Waals surface area (Å²) in [5.41, 5.74) is 0.546. The van der Waals surface area contributed by atoms with Gasteiger partial charge in [-0.15, -0.1) is 5.10 Å². The number of amides is 2. The molecule has 1 heterocycles. The molecule has 2 amide bonds. The summed E-state index contributed by atoms with van der Waals surface area (Å²) in [6, 6.07) is 6.19. The highest BCUT2D eigenvalue weighted by molar-refractivity contribution is 6.02. The van der Waals surface area contributed by atoms with E-state index < -0.39 is 18.5 Å². The van der Waals surface area contributed by atoms with Crippen molar-refractivity contribution in [3.8, 4) is 5.75 Å². The van der Waals surface area contributed by atoms with Crippen molar-refractivity contribution in [2.75, 3.05) is 26.0 Å². The van der Waals surface area contributed by atoms with E-state index in [1.54, 1.807) is 26.2 Å². The molecule has 2 aromatic rings. The van der Waals surface area contributed by atoms with Crippen LogP contribution in [-0.4, -0.2) is 63.5 Å². The summed E-state index contributed by atoms with van der Waals surface area (Å²) in [4.78, 5) is 35.6. The smallest absolute Gasteiger partial charge is 0.341 e. The zero-order chi connectivity index (χ0) is 18.4. The number of carbonyl (C=O) groups is 3. The zero-order valence-electron chi connectivity index (χ0n) is 13.7. The Bertz CT molecular complexity index is 769. The van der Waals surface area contributed by atoms with Crippen LogP contribution in [0.2, 0.25) is 0 Å². The summed E-state index contributed by atoms with van der Waals surface area (Å²) in [5.74, 6) is -1.36. The number of carbonyl (C=O) groups excluding carboxylic acids is 2. The van der Waals surface area contributed by atoms with Gasteiger partial charge in [0.25, 0.3) is 5.91 Å². The highest BCUT2D eigenvalue weighted by Crippen LogP contribution is 2.16. The summed E-state index contributed by atoms with van der Waals surface area (Å²) in [5, 5.41) is 18.6. The molecule has 0 aliphatic carbocycles. The molecule has 0 radical (unpaired) electrons. The first kappa shape index (κ1) is 17.9. The minimum Gasteiger partial charge on any atom is -0.482 e. The topological polar surface area (TPSA) is 127 Å². The molecule has 10 nitrogen and oxygen atoms in total. The molecule has 0 saturated carbocycles. The summed E-state index contributed by atoms with van der Waals surface area (Å²) in [6.07, 6.45) is 1.38. The lowest BCUT2D eigenvalue weighted by Gasteiger charge is -2.08. The van der Waals surface area contributed by atoms with Crippen molar-refractivity contribution >= 4 is 23.5 Å². The van der Waals surface area contributed by atoms with E-state index in [2.05, 4.69) is 15.6 Å². The fraction of sp³-hybridized carbons (Fsp3) is 0.267. The molecule has 1 aromatic heterocycles. The average molecular weight is 347 g/mol. The van der Waals surface area contributed by atoms with Gasteiger partial charge in [-0.25, -0.2) is 9.48 Å². The van der Waals surface area contributed by atoms with Gasteiger partial charge in [-0.2, -0.15) is 0 Å². The van der Waals surface area contributed by atoms with Crippen molar-refractivity contribution in [3.05, 3.63) is 36.2 Å². The number of rotatable bonds is 7. The highest BCUT2D eigenvalue weighted by Gasteiger charge is 2.13. The van der Waals surface area contributed by atoms with Crippen LogP contribution in [0.5, 0.6) is 5.75 Å². The zero-order valence-corrected chi connectivity index (χ0v) is 13.7. The van der Waals surface area contributed by atoms with Gasteiger partial charge in [0.2, 0.25) is 5.91 Å². The number of nitrogens with one attached hydrogen (secondary N) is 1. The van der Waals surface area contributed by atoms with Crippen molar-refractivity contribution in [2.24, 2.45) is 0 Å². The van der Waals surface area contributed by atoms with Crippen LogP contribution < -0.4 is 10.1 Å². The number of likely N-dealkylation sites (N-methyl/N-ethyl adjacent to an activating group) is 1. The van der Waals surface area contributed by atoms with Gasteiger partial charge in [-0.05, 0) is 24.3 Å². The molecular formula is C15H17N5O5. The van der Waals surface area contributed by atoms with Gasteiger partial charge in [0.1, 0.15) is 12.3 Å². The Morgan fingerprint density at radius 2 is 1.92 bits per heavy atom. The molecule has 0 bridgehead atoms. The molecule has 0 aliphatic rings. The maximum atomic E-state index is 12.1. The Kier molecular flexibility index (Phi) is 5.66. The summed E-state index contributed by atoms with van der Waals surface area (Å²) >= 11 is 0. The second-order valence-electron chi connectivity index (χ2n) is 5.25. The lowest BCUT2D eigenvalue weighted by atomic mass is 10.3. The Balaban J connectivity index is 1.94. The van der Waals surface area contributed by atoms with Crippen LogP contribution in [0.1, 0.15) is 10.5 Å². The number of hydrogen-bond donors (Lipinski definition) is 2. The molecular weight excluding hydrogens is 330 g/mol. The molecule has 0 aliphatic heterocycles. The van der Waals surface area contributed by atoms with Crippen molar-refractivity contribution < 1.29 is 24.2 Å². The van der Waals surface area contributed by atoms with Crippen molar-refractivity contribution in [1.29, 1.82) is 0 Å². The number of aliphatic carboxylic acids is 1. The van der Waals surface area contributed by atoms with Crippen LogP contribution >= 0.6 is 0 Å². The number of anilines is 1. The van der Waals surface area contributed by atoms with E-state index in [4.69, 9.17) is 9.84 Å². The molecule has 10 heteroatoms. The first-order valence-electron chi connectivity index (χ1n) is 7.21. The molecule has 0 fully saturated rings. The predicted octanol–water partition coefficient (Wildman–Crippen LogP) is 0.0820. The lowest BCUT2D eigenvalue weighted by molar-refractivity contribution is -0.139. The molecule has 132 valence electrons. The quantitative estimate of drug-likeness (QED) is 0.726. The standard InChI is InChI=1S/C15H17N5O5/c1-19(2)13(21)8-20-7-12(17-18-20)15(24)16-10-3-5-11(6-4-10)25-9-14(22)23/h3-7H,8-9H2,1-2H3,(H,16,24)(H,22,23). The Hall–Kier alpha value is -3.43. The molecule has 0 spiro atoms. The maximum Gasteiger partial charge on any atom is 0.341 e. The Morgan fingerprint density at radius 1 is 1.24 bits per heavy atom. The first-order valence-corrected chi connectivity index (χ1v) is 7.21. The van der Waals surface area contributed by atoms with Gasteiger partial charge in [0, 0.05) is 19.8 Å². The van der Waals surface area contributed by atoms with Crippen LogP contribution in [0.4, 0.5) is 5.69 Å². The maximum absolute atomic E-state index is 12.1. The number of hydrogen-bond acceptors (Lipinski definition) is 6. The minimum absolute atomic E-state index is 0.0110. The first-order chi connectivity index (χ1) is 11.8. The van der Waals surface area contributed by atoms with E-state index in [9.17, 15) is 14.4 Å².